The molecule has 2 aliphatic rings. The van der Waals surface area contributed by atoms with E-state index in [2.05, 4.69) is 65.8 Å². The smallest absolute Gasteiger partial charge is 0.125 e. The summed E-state index contributed by atoms with van der Waals surface area (Å²) in [5.74, 6) is 3.43. The van der Waals surface area contributed by atoms with E-state index in [-0.39, 0.29) is 0 Å². The molecule has 4 unspecified atom stereocenters. The molecule has 4 heteroatoms. The van der Waals surface area contributed by atoms with Crippen molar-refractivity contribution in [1.82, 2.24) is 0 Å². The van der Waals surface area contributed by atoms with E-state index in [1.54, 1.807) is 0 Å². The Kier molecular flexibility index (Phi) is 9.35. The van der Waals surface area contributed by atoms with Crippen LogP contribution in [0.2, 0.25) is 0 Å². The van der Waals surface area contributed by atoms with E-state index in [0.29, 0.717) is 24.0 Å². The fraction of sp³-hybridized carbons (Fsp3) is 0.625. The number of ether oxygens (including phenoxy) is 4. The van der Waals surface area contributed by atoms with Crippen LogP contribution in [0, 0.1) is 39.5 Å². The zero-order valence-corrected chi connectivity index (χ0v) is 23.3. The lowest BCUT2D eigenvalue weighted by atomic mass is 9.96. The quantitative estimate of drug-likeness (QED) is 0.187. The Morgan fingerprint density at radius 2 is 1.00 bits per heavy atom. The molecular weight excluding hydrogens is 448 g/mol. The van der Waals surface area contributed by atoms with E-state index in [1.165, 1.54) is 59.1 Å². The van der Waals surface area contributed by atoms with Crippen molar-refractivity contribution in [3.8, 4) is 22.6 Å². The van der Waals surface area contributed by atoms with Gasteiger partial charge in [-0.2, -0.15) is 0 Å². The second kappa shape index (κ2) is 12.5. The topological polar surface area (TPSA) is 43.5 Å². The van der Waals surface area contributed by atoms with Crippen LogP contribution in [-0.2, 0) is 9.47 Å². The van der Waals surface area contributed by atoms with Crippen molar-refractivity contribution >= 4 is 0 Å². The summed E-state index contributed by atoms with van der Waals surface area (Å²) < 4.78 is 23.5. The van der Waals surface area contributed by atoms with Crippen molar-refractivity contribution < 1.29 is 18.9 Å². The molecule has 2 aromatic carbocycles. The van der Waals surface area contributed by atoms with E-state index in [9.17, 15) is 0 Å². The van der Waals surface area contributed by atoms with Crippen molar-refractivity contribution in [3.63, 3.8) is 0 Å². The van der Waals surface area contributed by atoms with Gasteiger partial charge in [0, 0.05) is 0 Å². The van der Waals surface area contributed by atoms with Crippen molar-refractivity contribution in [2.24, 2.45) is 11.8 Å². The normalized spacial score (nSPS) is 20.2. The lowest BCUT2D eigenvalue weighted by Gasteiger charge is -2.18. The molecule has 0 bridgehead atoms. The summed E-state index contributed by atoms with van der Waals surface area (Å²) in [6.45, 7) is 16.6. The Morgan fingerprint density at radius 1 is 0.667 bits per heavy atom. The van der Waals surface area contributed by atoms with Gasteiger partial charge in [-0.1, -0.05) is 26.7 Å². The average Bonchev–Trinajstić information content (AvgIpc) is 3.75. The Bertz CT molecular complexity index is 878. The largest absolute Gasteiger partial charge is 0.493 e. The van der Waals surface area contributed by atoms with Crippen molar-refractivity contribution in [2.75, 3.05) is 26.4 Å². The van der Waals surface area contributed by atoms with Gasteiger partial charge in [-0.3, -0.25) is 0 Å². The summed E-state index contributed by atoms with van der Waals surface area (Å²) in [5.41, 5.74) is 7.27. The molecule has 0 saturated carbocycles. The molecule has 2 aromatic rings. The fourth-order valence-electron chi connectivity index (χ4n) is 5.69. The van der Waals surface area contributed by atoms with Crippen LogP contribution in [0.5, 0.6) is 11.5 Å². The maximum Gasteiger partial charge on any atom is 0.125 e. The SMILES string of the molecule is CCC(CCCOc1c(C)cc(-c2cc(C)c(OCCCC(CC)C3CO3)c(C)c2)cc1C)C1CO1. The molecule has 4 rings (SSSR count). The van der Waals surface area contributed by atoms with Crippen LogP contribution in [-0.4, -0.2) is 38.6 Å². The summed E-state index contributed by atoms with van der Waals surface area (Å²) in [5, 5.41) is 0. The van der Waals surface area contributed by atoms with E-state index in [1.807, 2.05) is 0 Å². The highest BCUT2D eigenvalue weighted by atomic mass is 16.6. The monoisotopic (exact) mass is 494 g/mol. The molecule has 2 saturated heterocycles. The minimum absolute atomic E-state index is 0.497. The van der Waals surface area contributed by atoms with Crippen LogP contribution in [0.4, 0.5) is 0 Å². The Morgan fingerprint density at radius 3 is 1.28 bits per heavy atom. The van der Waals surface area contributed by atoms with Crippen LogP contribution in [0.1, 0.15) is 74.6 Å². The lowest BCUT2D eigenvalue weighted by molar-refractivity contribution is 0.261. The first-order valence-corrected chi connectivity index (χ1v) is 14.1. The third kappa shape index (κ3) is 7.04. The first-order valence-electron chi connectivity index (χ1n) is 14.1. The molecule has 0 N–H and O–H groups in total. The molecule has 2 fully saturated rings. The van der Waals surface area contributed by atoms with E-state index >= 15 is 0 Å². The Labute approximate surface area is 218 Å². The van der Waals surface area contributed by atoms with Crippen LogP contribution in [0.25, 0.3) is 11.1 Å². The molecule has 0 aromatic heterocycles. The number of rotatable bonds is 15. The van der Waals surface area contributed by atoms with Gasteiger partial charge in [-0.05, 0) is 123 Å². The third-order valence-corrected chi connectivity index (χ3v) is 8.00. The van der Waals surface area contributed by atoms with Gasteiger partial charge in [0.1, 0.15) is 11.5 Å². The number of aryl methyl sites for hydroxylation is 4. The van der Waals surface area contributed by atoms with E-state index in [4.69, 9.17) is 18.9 Å². The summed E-state index contributed by atoms with van der Waals surface area (Å²) in [6.07, 6.45) is 7.88. The van der Waals surface area contributed by atoms with Crippen molar-refractivity contribution in [3.05, 3.63) is 46.5 Å². The second-order valence-electron chi connectivity index (χ2n) is 10.9. The first-order chi connectivity index (χ1) is 17.4. The van der Waals surface area contributed by atoms with Gasteiger partial charge < -0.3 is 18.9 Å². The fourth-order valence-corrected chi connectivity index (χ4v) is 5.69. The number of benzene rings is 2. The molecular formula is C32H46O4. The predicted molar refractivity (Wildman–Crippen MR) is 147 cm³/mol. The lowest BCUT2D eigenvalue weighted by Crippen LogP contribution is -2.10. The molecule has 0 spiro atoms. The molecule has 2 aliphatic heterocycles. The second-order valence-corrected chi connectivity index (χ2v) is 10.9. The molecule has 2 heterocycles. The van der Waals surface area contributed by atoms with E-state index < -0.39 is 0 Å². The van der Waals surface area contributed by atoms with Gasteiger partial charge in [0.05, 0.1) is 38.6 Å². The van der Waals surface area contributed by atoms with Crippen molar-refractivity contribution in [1.29, 1.82) is 0 Å². The molecule has 198 valence electrons. The minimum Gasteiger partial charge on any atom is -0.493 e. The summed E-state index contributed by atoms with van der Waals surface area (Å²) in [4.78, 5) is 0. The zero-order valence-electron chi connectivity index (χ0n) is 23.3. The van der Waals surface area contributed by atoms with Crippen LogP contribution in [0.15, 0.2) is 24.3 Å². The van der Waals surface area contributed by atoms with Gasteiger partial charge >= 0.3 is 0 Å². The molecule has 4 nitrogen and oxygen atoms in total. The molecule has 0 amide bonds. The standard InChI is InChI=1S/C32H46O4/c1-7-25(29-19-35-29)11-9-13-33-31-21(3)15-27(16-22(31)4)28-17-23(5)32(24(6)18-28)34-14-10-12-26(8-2)30-20-36-30/h15-18,25-26,29-30H,7-14,19-20H2,1-6H3. The Balaban J connectivity index is 1.33. The van der Waals surface area contributed by atoms with Gasteiger partial charge in [0.25, 0.3) is 0 Å². The summed E-state index contributed by atoms with van der Waals surface area (Å²) >= 11 is 0. The van der Waals surface area contributed by atoms with Gasteiger partial charge in [-0.25, -0.2) is 0 Å². The zero-order chi connectivity index (χ0) is 25.7. The van der Waals surface area contributed by atoms with Crippen LogP contribution in [0.3, 0.4) is 0 Å². The van der Waals surface area contributed by atoms with Gasteiger partial charge in [0.15, 0.2) is 0 Å². The Hall–Kier alpha value is -2.04. The average molecular weight is 495 g/mol. The van der Waals surface area contributed by atoms with Gasteiger partial charge in [0.2, 0.25) is 0 Å². The summed E-state index contributed by atoms with van der Waals surface area (Å²) in [6, 6.07) is 9.03. The summed E-state index contributed by atoms with van der Waals surface area (Å²) in [7, 11) is 0. The first kappa shape index (κ1) is 27.0. The van der Waals surface area contributed by atoms with E-state index in [0.717, 1.165) is 50.8 Å². The highest BCUT2D eigenvalue weighted by Crippen LogP contribution is 2.35. The minimum atomic E-state index is 0.497. The van der Waals surface area contributed by atoms with Crippen LogP contribution < -0.4 is 9.47 Å². The van der Waals surface area contributed by atoms with Gasteiger partial charge in [-0.15, -0.1) is 0 Å². The molecule has 0 radical (unpaired) electrons. The molecule has 0 aliphatic carbocycles. The third-order valence-electron chi connectivity index (χ3n) is 8.00. The molecule has 36 heavy (non-hydrogen) atoms. The maximum atomic E-state index is 6.25. The van der Waals surface area contributed by atoms with Crippen molar-refractivity contribution in [2.45, 2.75) is 92.3 Å². The van der Waals surface area contributed by atoms with Crippen LogP contribution >= 0.6 is 0 Å². The highest BCUT2D eigenvalue weighted by molar-refractivity contribution is 5.70. The maximum absolute atomic E-state index is 6.25. The number of hydrogen-bond donors (Lipinski definition) is 0. The predicted octanol–water partition coefficient (Wildman–Crippen LogP) is 7.76. The number of epoxide rings is 2. The number of hydrogen-bond acceptors (Lipinski definition) is 4. The molecule has 4 atom stereocenters. The highest BCUT2D eigenvalue weighted by Gasteiger charge is 2.31.